The Morgan fingerprint density at radius 1 is 1.16 bits per heavy atom. The van der Waals surface area contributed by atoms with Gasteiger partial charge in [-0.3, -0.25) is 9.59 Å². The van der Waals surface area contributed by atoms with Gasteiger partial charge in [-0.05, 0) is 43.7 Å². The van der Waals surface area contributed by atoms with E-state index in [9.17, 15) is 9.59 Å². The lowest BCUT2D eigenvalue weighted by Gasteiger charge is -2.12. The summed E-state index contributed by atoms with van der Waals surface area (Å²) in [6.07, 6.45) is 6.67. The van der Waals surface area contributed by atoms with Crippen molar-refractivity contribution in [3.05, 3.63) is 52.5 Å². The Morgan fingerprint density at radius 3 is 2.55 bits per heavy atom. The summed E-state index contributed by atoms with van der Waals surface area (Å²) >= 11 is 6.24. The van der Waals surface area contributed by atoms with E-state index in [-0.39, 0.29) is 31.3 Å². The molecule has 2 aromatic carbocycles. The molecule has 0 aliphatic carbocycles. The first kappa shape index (κ1) is 23.8. The number of hydrogen-bond acceptors (Lipinski definition) is 5. The molecule has 2 aromatic rings. The standard InChI is InChI=1S/C23H24ClN3O4/c1-4-12-31-23-19(24)13-17(14-20(23)30-5-2)15-25-27-22(29)11-10-21(28)26-18-8-6-16(3)7-9-18/h1,6-9,13-15H,5,10-12H2,2-3H3,(H,26,28)(H,27,29). The van der Waals surface area contributed by atoms with E-state index in [2.05, 4.69) is 21.8 Å². The number of carbonyl (C=O) groups excluding carboxylic acids is 2. The molecule has 0 aliphatic rings. The van der Waals surface area contributed by atoms with Crippen LogP contribution in [-0.2, 0) is 9.59 Å². The number of rotatable bonds is 10. The number of terminal acetylenes is 1. The number of benzene rings is 2. The molecule has 0 saturated carbocycles. The van der Waals surface area contributed by atoms with Crippen LogP contribution in [0.5, 0.6) is 11.5 Å². The molecule has 2 N–H and O–H groups in total. The normalized spacial score (nSPS) is 10.4. The lowest BCUT2D eigenvalue weighted by atomic mass is 10.2. The van der Waals surface area contributed by atoms with Gasteiger partial charge in [0.15, 0.2) is 11.5 Å². The Hall–Kier alpha value is -3.50. The highest BCUT2D eigenvalue weighted by atomic mass is 35.5. The third kappa shape index (κ3) is 8.03. The molecule has 2 rings (SSSR count). The van der Waals surface area contributed by atoms with Crippen LogP contribution in [0.1, 0.15) is 30.9 Å². The van der Waals surface area contributed by atoms with Gasteiger partial charge in [-0.15, -0.1) is 6.42 Å². The van der Waals surface area contributed by atoms with Gasteiger partial charge in [0.2, 0.25) is 11.8 Å². The van der Waals surface area contributed by atoms with Gasteiger partial charge in [-0.25, -0.2) is 5.43 Å². The topological polar surface area (TPSA) is 89.0 Å². The first-order valence-electron chi connectivity index (χ1n) is 9.64. The SMILES string of the molecule is C#CCOc1c(Cl)cc(C=NNC(=O)CCC(=O)Nc2ccc(C)cc2)cc1OCC. The molecule has 0 spiro atoms. The predicted molar refractivity (Wildman–Crippen MR) is 122 cm³/mol. The monoisotopic (exact) mass is 441 g/mol. The van der Waals surface area contributed by atoms with Crippen LogP contribution >= 0.6 is 11.6 Å². The van der Waals surface area contributed by atoms with Crippen molar-refractivity contribution in [1.29, 1.82) is 0 Å². The Balaban J connectivity index is 1.88. The molecule has 0 unspecified atom stereocenters. The summed E-state index contributed by atoms with van der Waals surface area (Å²) in [4.78, 5) is 23.9. The molecule has 0 aliphatic heterocycles. The van der Waals surface area contributed by atoms with Crippen molar-refractivity contribution in [3.63, 3.8) is 0 Å². The average Bonchev–Trinajstić information content (AvgIpc) is 2.74. The third-order valence-corrected chi connectivity index (χ3v) is 4.23. The second-order valence-electron chi connectivity index (χ2n) is 6.46. The van der Waals surface area contributed by atoms with Gasteiger partial charge < -0.3 is 14.8 Å². The molecule has 0 aromatic heterocycles. The number of nitrogens with zero attached hydrogens (tertiary/aromatic N) is 1. The number of anilines is 1. The minimum atomic E-state index is -0.389. The minimum absolute atomic E-state index is 0.00114. The Kier molecular flexibility index (Phi) is 9.40. The summed E-state index contributed by atoms with van der Waals surface area (Å²) in [5, 5.41) is 6.95. The number of aryl methyl sites for hydroxylation is 1. The van der Waals surface area contributed by atoms with Crippen LogP contribution in [0.2, 0.25) is 5.02 Å². The van der Waals surface area contributed by atoms with Crippen molar-refractivity contribution >= 4 is 35.3 Å². The maximum absolute atomic E-state index is 12.0. The molecule has 0 heterocycles. The number of carbonyl (C=O) groups is 2. The lowest BCUT2D eigenvalue weighted by Crippen LogP contribution is -2.20. The Morgan fingerprint density at radius 2 is 1.87 bits per heavy atom. The van der Waals surface area contributed by atoms with Crippen LogP contribution < -0.4 is 20.2 Å². The fourth-order valence-corrected chi connectivity index (χ4v) is 2.78. The summed E-state index contributed by atoms with van der Waals surface area (Å²) in [5.41, 5.74) is 4.77. The number of amides is 2. The van der Waals surface area contributed by atoms with Gasteiger partial charge in [0, 0.05) is 18.5 Å². The first-order valence-corrected chi connectivity index (χ1v) is 10.0. The lowest BCUT2D eigenvalue weighted by molar-refractivity contribution is -0.124. The average molecular weight is 442 g/mol. The first-order chi connectivity index (χ1) is 14.9. The zero-order chi connectivity index (χ0) is 22.6. The molecule has 2 amide bonds. The van der Waals surface area contributed by atoms with E-state index < -0.39 is 0 Å². The van der Waals surface area contributed by atoms with Gasteiger partial charge in [0.05, 0.1) is 17.8 Å². The molecule has 0 bridgehead atoms. The van der Waals surface area contributed by atoms with Crippen molar-refractivity contribution < 1.29 is 19.1 Å². The Bertz CT molecular complexity index is 982. The number of ether oxygens (including phenoxy) is 2. The largest absolute Gasteiger partial charge is 0.490 e. The zero-order valence-corrected chi connectivity index (χ0v) is 18.2. The third-order valence-electron chi connectivity index (χ3n) is 3.95. The minimum Gasteiger partial charge on any atom is -0.490 e. The molecule has 0 fully saturated rings. The van der Waals surface area contributed by atoms with Crippen molar-refractivity contribution in [2.75, 3.05) is 18.5 Å². The van der Waals surface area contributed by atoms with Crippen LogP contribution in [0.4, 0.5) is 5.69 Å². The quantitative estimate of drug-likeness (QED) is 0.332. The highest BCUT2D eigenvalue weighted by molar-refractivity contribution is 6.32. The summed E-state index contributed by atoms with van der Waals surface area (Å²) < 4.78 is 11.0. The molecule has 162 valence electrons. The fraction of sp³-hybridized carbons (Fsp3) is 0.261. The molecule has 7 nitrogen and oxygen atoms in total. The maximum Gasteiger partial charge on any atom is 0.240 e. The van der Waals surface area contributed by atoms with Crippen LogP contribution in [-0.4, -0.2) is 31.2 Å². The van der Waals surface area contributed by atoms with Crippen molar-refractivity contribution in [3.8, 4) is 23.8 Å². The summed E-state index contributed by atoms with van der Waals surface area (Å²) in [6, 6.07) is 10.7. The van der Waals surface area contributed by atoms with Gasteiger partial charge in [0.25, 0.3) is 0 Å². The summed E-state index contributed by atoms with van der Waals surface area (Å²) in [7, 11) is 0. The zero-order valence-electron chi connectivity index (χ0n) is 17.4. The predicted octanol–water partition coefficient (Wildman–Crippen LogP) is 3.93. The van der Waals surface area contributed by atoms with E-state index in [0.29, 0.717) is 34.4 Å². The van der Waals surface area contributed by atoms with Crippen LogP contribution in [0, 0.1) is 19.3 Å². The van der Waals surface area contributed by atoms with Crippen LogP contribution in [0.25, 0.3) is 0 Å². The van der Waals surface area contributed by atoms with Gasteiger partial charge >= 0.3 is 0 Å². The Labute approximate surface area is 186 Å². The van der Waals surface area contributed by atoms with E-state index in [1.54, 1.807) is 12.1 Å². The van der Waals surface area contributed by atoms with Gasteiger partial charge in [-0.2, -0.15) is 5.10 Å². The van der Waals surface area contributed by atoms with E-state index >= 15 is 0 Å². The molecule has 8 heteroatoms. The number of nitrogens with one attached hydrogen (secondary N) is 2. The maximum atomic E-state index is 12.0. The van der Waals surface area contributed by atoms with E-state index in [1.165, 1.54) is 6.21 Å². The van der Waals surface area contributed by atoms with Crippen molar-refractivity contribution in [1.82, 2.24) is 5.43 Å². The second kappa shape index (κ2) is 12.3. The highest BCUT2D eigenvalue weighted by Crippen LogP contribution is 2.36. The summed E-state index contributed by atoms with van der Waals surface area (Å²) in [5.74, 6) is 2.50. The van der Waals surface area contributed by atoms with Crippen molar-refractivity contribution in [2.24, 2.45) is 5.10 Å². The van der Waals surface area contributed by atoms with Gasteiger partial charge in [0.1, 0.15) is 6.61 Å². The second-order valence-corrected chi connectivity index (χ2v) is 6.87. The van der Waals surface area contributed by atoms with E-state index in [1.807, 2.05) is 38.1 Å². The molecular formula is C23H24ClN3O4. The van der Waals surface area contributed by atoms with E-state index in [4.69, 9.17) is 27.5 Å². The number of hydrazone groups is 1. The fourth-order valence-electron chi connectivity index (χ4n) is 2.50. The van der Waals surface area contributed by atoms with Gasteiger partial charge in [-0.1, -0.05) is 35.2 Å². The number of hydrogen-bond donors (Lipinski definition) is 2. The summed E-state index contributed by atoms with van der Waals surface area (Å²) in [6.45, 7) is 4.25. The van der Waals surface area contributed by atoms with E-state index in [0.717, 1.165) is 5.56 Å². The molecule has 0 radical (unpaired) electrons. The van der Waals surface area contributed by atoms with Crippen molar-refractivity contribution in [2.45, 2.75) is 26.7 Å². The smallest absolute Gasteiger partial charge is 0.240 e. The molecule has 0 saturated heterocycles. The van der Waals surface area contributed by atoms with Crippen LogP contribution in [0.3, 0.4) is 0 Å². The van der Waals surface area contributed by atoms with Crippen LogP contribution in [0.15, 0.2) is 41.5 Å². The molecule has 31 heavy (non-hydrogen) atoms. The molecule has 0 atom stereocenters. The molecular weight excluding hydrogens is 418 g/mol. The number of halogens is 1. The highest BCUT2D eigenvalue weighted by Gasteiger charge is 2.12.